The fourth-order valence-electron chi connectivity index (χ4n) is 11.6. The molecule has 81 heavy (non-hydrogen) atoms. The number of hydrogen-bond acceptors (Lipinski definition) is 5. The lowest BCUT2D eigenvalue weighted by Gasteiger charge is -2.22. The summed E-state index contributed by atoms with van der Waals surface area (Å²) < 4.78 is 7.20. The molecule has 15 rings (SSSR count). The Morgan fingerprint density at radius 2 is 0.840 bits per heavy atom. The zero-order valence-electron chi connectivity index (χ0n) is 43.9. The van der Waals surface area contributed by atoms with Gasteiger partial charge in [-0.25, -0.2) is 15.0 Å². The van der Waals surface area contributed by atoms with Gasteiger partial charge in [-0.2, -0.15) is 0 Å². The van der Waals surface area contributed by atoms with Crippen molar-refractivity contribution in [1.29, 1.82) is 0 Å². The number of allylic oxidation sites excluding steroid dienone is 1. The first-order valence-corrected chi connectivity index (χ1v) is 28.8. The molecule has 0 aliphatic heterocycles. The van der Waals surface area contributed by atoms with Crippen LogP contribution in [0.15, 0.2) is 267 Å². The second-order valence-corrected chi connectivity index (χ2v) is 22.6. The molecule has 11 aromatic carbocycles. The smallest absolute Gasteiger partial charge is 0.164 e. The van der Waals surface area contributed by atoms with Gasteiger partial charge < -0.3 is 4.57 Å². The maximum Gasteiger partial charge on any atom is 0.164 e. The van der Waals surface area contributed by atoms with E-state index >= 15 is 0 Å². The molecule has 0 aliphatic rings. The highest BCUT2D eigenvalue weighted by Gasteiger charge is 2.26. The van der Waals surface area contributed by atoms with E-state index in [1.807, 2.05) is 12.2 Å². The van der Waals surface area contributed by atoms with Crippen molar-refractivity contribution in [2.24, 2.45) is 0 Å². The van der Waals surface area contributed by atoms with Crippen LogP contribution in [0.4, 0.5) is 0 Å². The molecule has 0 saturated carbocycles. The average Bonchev–Trinajstić information content (AvgIpc) is 4.41. The summed E-state index contributed by atoms with van der Waals surface area (Å²) in [5.74, 6) is 1.73. The van der Waals surface area contributed by atoms with Crippen LogP contribution in [0.5, 0.6) is 0 Å². The van der Waals surface area contributed by atoms with E-state index in [4.69, 9.17) is 15.0 Å². The van der Waals surface area contributed by atoms with Crippen LogP contribution in [-0.4, -0.2) is 19.5 Å². The van der Waals surface area contributed by atoms with E-state index in [1.165, 1.54) is 35.8 Å². The van der Waals surface area contributed by atoms with E-state index in [2.05, 4.69) is 278 Å². The second-order valence-electron chi connectivity index (χ2n) is 20.3. The third-order valence-corrected chi connectivity index (χ3v) is 17.6. The maximum absolute atomic E-state index is 5.46. The SMILES string of the molecule is C=c1sc2ccccc2/c1=C/C=C/c1nc(-c2cc(-c3ccccc3)c(-n3c4ccc(-c5ccccc5)cc4c4cc(-c5ccccc5)cc(-c5ccccc5)c43)c(-c3ccccc3)c2)nc(-c2ccc3c(c2)sc2ccccc23)n1. The summed E-state index contributed by atoms with van der Waals surface area (Å²) >= 11 is 3.50. The summed E-state index contributed by atoms with van der Waals surface area (Å²) in [6.07, 6.45) is 6.18. The Morgan fingerprint density at radius 3 is 1.48 bits per heavy atom. The van der Waals surface area contributed by atoms with Crippen LogP contribution < -0.4 is 9.75 Å². The lowest BCUT2D eigenvalue weighted by molar-refractivity contribution is 1.04. The third kappa shape index (κ3) is 8.75. The minimum atomic E-state index is 0.553. The molecule has 380 valence electrons. The van der Waals surface area contributed by atoms with Crippen LogP contribution in [0, 0.1) is 0 Å². The van der Waals surface area contributed by atoms with Crippen molar-refractivity contribution in [3.8, 4) is 84.1 Å². The first kappa shape index (κ1) is 48.1. The second kappa shape index (κ2) is 20.3. The van der Waals surface area contributed by atoms with Crippen LogP contribution in [0.1, 0.15) is 5.82 Å². The summed E-state index contributed by atoms with van der Waals surface area (Å²) in [6, 6.07) is 94.0. The highest BCUT2D eigenvalue weighted by Crippen LogP contribution is 2.48. The summed E-state index contributed by atoms with van der Waals surface area (Å²) in [5.41, 5.74) is 16.2. The number of rotatable bonds is 10. The van der Waals surface area contributed by atoms with Crippen molar-refractivity contribution >= 4 is 93.5 Å². The standard InChI is InChI=1S/C75H48N4S2/c1-48-58(59-32-17-19-35-68(59)80-48)34-21-37-71-76-74(55-38-40-61-60-33-18-20-36-69(60)81-70(61)47-55)78-75(77-71)57-45-63(52-28-13-5-14-29-52)72(64(46-57)53-30-15-6-16-31-53)79-67-41-39-54(49-22-7-2-8-23-49)42-65(67)66-44-56(50-24-9-3-10-25-50)43-62(73(66)79)51-26-11-4-12-27-51/h2-47H,1H2/b37-21+,58-34+. The molecule has 0 aliphatic carbocycles. The molecule has 4 nitrogen and oxygen atoms in total. The average molecular weight is 1070 g/mol. The van der Waals surface area contributed by atoms with Crippen LogP contribution in [0.3, 0.4) is 0 Å². The molecule has 0 amide bonds. The van der Waals surface area contributed by atoms with Crippen molar-refractivity contribution < 1.29 is 0 Å². The zero-order chi connectivity index (χ0) is 53.8. The number of aromatic nitrogens is 4. The predicted molar refractivity (Wildman–Crippen MR) is 345 cm³/mol. The highest BCUT2D eigenvalue weighted by molar-refractivity contribution is 7.25. The Hall–Kier alpha value is -10.1. The van der Waals surface area contributed by atoms with Gasteiger partial charge in [-0.1, -0.05) is 225 Å². The van der Waals surface area contributed by atoms with Gasteiger partial charge in [0.2, 0.25) is 0 Å². The normalized spacial score (nSPS) is 12.0. The number of hydrogen-bond donors (Lipinski definition) is 0. The van der Waals surface area contributed by atoms with E-state index in [0.717, 1.165) is 98.4 Å². The van der Waals surface area contributed by atoms with Crippen molar-refractivity contribution in [1.82, 2.24) is 19.5 Å². The Kier molecular flexibility index (Phi) is 12.0. The fourth-order valence-corrected chi connectivity index (χ4v) is 13.8. The summed E-state index contributed by atoms with van der Waals surface area (Å²) in [4.78, 5) is 16.1. The largest absolute Gasteiger partial charge is 0.307 e. The van der Waals surface area contributed by atoms with E-state index in [1.54, 1.807) is 22.7 Å². The molecule has 0 fully saturated rings. The van der Waals surface area contributed by atoms with Gasteiger partial charge in [0, 0.05) is 73.4 Å². The molecule has 0 bridgehead atoms. The minimum Gasteiger partial charge on any atom is -0.307 e. The lowest BCUT2D eigenvalue weighted by atomic mass is 9.92. The monoisotopic (exact) mass is 1070 g/mol. The van der Waals surface area contributed by atoms with E-state index in [-0.39, 0.29) is 0 Å². The Bertz CT molecular complexity index is 4980. The molecule has 0 radical (unpaired) electrons. The van der Waals surface area contributed by atoms with Gasteiger partial charge in [0.25, 0.3) is 0 Å². The molecule has 0 N–H and O–H groups in total. The van der Waals surface area contributed by atoms with Crippen molar-refractivity contribution in [2.75, 3.05) is 0 Å². The summed E-state index contributed by atoms with van der Waals surface area (Å²) in [6.45, 7) is 4.42. The summed E-state index contributed by atoms with van der Waals surface area (Å²) in [5, 5.41) is 7.08. The first-order valence-electron chi connectivity index (χ1n) is 27.2. The van der Waals surface area contributed by atoms with Gasteiger partial charge in [0.05, 0.1) is 16.7 Å². The van der Waals surface area contributed by atoms with Crippen LogP contribution in [-0.2, 0) is 0 Å². The topological polar surface area (TPSA) is 43.6 Å². The first-order chi connectivity index (χ1) is 40.1. The quantitative estimate of drug-likeness (QED) is 0.137. The van der Waals surface area contributed by atoms with Gasteiger partial charge in [-0.15, -0.1) is 22.7 Å². The molecule has 0 atom stereocenters. The zero-order valence-corrected chi connectivity index (χ0v) is 45.5. The van der Waals surface area contributed by atoms with E-state index < -0.39 is 0 Å². The van der Waals surface area contributed by atoms with Gasteiger partial charge in [-0.05, 0) is 105 Å². The van der Waals surface area contributed by atoms with Crippen LogP contribution in [0.25, 0.3) is 155 Å². The summed E-state index contributed by atoms with van der Waals surface area (Å²) in [7, 11) is 0. The molecule has 4 heterocycles. The molecule has 0 unspecified atom stereocenters. The number of fused-ring (bicyclic) bond motifs is 7. The van der Waals surface area contributed by atoms with Gasteiger partial charge in [0.15, 0.2) is 17.5 Å². The Labute approximate surface area is 476 Å². The Morgan fingerprint density at radius 1 is 0.346 bits per heavy atom. The molecular formula is C75H48N4S2. The molecule has 15 aromatic rings. The molecule has 0 saturated heterocycles. The van der Waals surface area contributed by atoms with Crippen molar-refractivity contribution in [3.63, 3.8) is 0 Å². The fraction of sp³-hybridized carbons (Fsp3) is 0. The third-order valence-electron chi connectivity index (χ3n) is 15.4. The maximum atomic E-state index is 5.46. The number of nitrogens with zero attached hydrogens (tertiary/aromatic N) is 4. The van der Waals surface area contributed by atoms with Gasteiger partial charge >= 0.3 is 0 Å². The molecular weight excluding hydrogens is 1020 g/mol. The van der Waals surface area contributed by atoms with Crippen molar-refractivity contribution in [2.45, 2.75) is 0 Å². The van der Waals surface area contributed by atoms with E-state index in [9.17, 15) is 0 Å². The lowest BCUT2D eigenvalue weighted by Crippen LogP contribution is -2.15. The molecule has 6 heteroatoms. The minimum absolute atomic E-state index is 0.553. The molecule has 0 spiro atoms. The Balaban J connectivity index is 1.03. The number of benzene rings is 11. The van der Waals surface area contributed by atoms with Crippen molar-refractivity contribution in [3.05, 3.63) is 283 Å². The van der Waals surface area contributed by atoms with Gasteiger partial charge in [0.1, 0.15) is 0 Å². The van der Waals surface area contributed by atoms with E-state index in [0.29, 0.717) is 17.5 Å². The van der Waals surface area contributed by atoms with Gasteiger partial charge in [-0.3, -0.25) is 0 Å². The predicted octanol–water partition coefficient (Wildman–Crippen LogP) is 19.1. The molecule has 4 aromatic heterocycles. The highest BCUT2D eigenvalue weighted by atomic mass is 32.1. The number of thiophene rings is 2. The van der Waals surface area contributed by atoms with Crippen LogP contribution >= 0.6 is 22.7 Å². The van der Waals surface area contributed by atoms with Crippen LogP contribution in [0.2, 0.25) is 0 Å².